The molecule has 0 unspecified atom stereocenters. The Morgan fingerprint density at radius 3 is 2.69 bits per heavy atom. The van der Waals surface area contributed by atoms with Crippen molar-refractivity contribution in [2.45, 2.75) is 26.2 Å². The molecule has 1 N–H and O–H groups in total. The second-order valence-electron chi connectivity index (χ2n) is 3.78. The lowest BCUT2D eigenvalue weighted by Gasteiger charge is -2.04. The van der Waals surface area contributed by atoms with Gasteiger partial charge in [0.2, 0.25) is 0 Å². The third-order valence-corrected chi connectivity index (χ3v) is 2.40. The van der Waals surface area contributed by atoms with Crippen LogP contribution in [0.5, 0.6) is 0 Å². The molecule has 0 fully saturated rings. The van der Waals surface area contributed by atoms with Gasteiger partial charge in [0.05, 0.1) is 0 Å². The summed E-state index contributed by atoms with van der Waals surface area (Å²) in [5.41, 5.74) is 1.34. The summed E-state index contributed by atoms with van der Waals surface area (Å²) in [6.07, 6.45) is 6.95. The summed E-state index contributed by atoms with van der Waals surface area (Å²) in [5.74, 6) is 0. The Bertz CT molecular complexity index is 251. The van der Waals surface area contributed by atoms with E-state index in [0.29, 0.717) is 0 Å². The van der Waals surface area contributed by atoms with E-state index >= 15 is 0 Å². The molecule has 0 radical (unpaired) electrons. The molecule has 0 amide bonds. The van der Waals surface area contributed by atoms with E-state index in [1.165, 1.54) is 5.56 Å². The van der Waals surface area contributed by atoms with Gasteiger partial charge in [-0.3, -0.25) is 4.98 Å². The number of pyridine rings is 1. The van der Waals surface area contributed by atoms with Crippen LogP contribution < -0.4 is 5.32 Å². The summed E-state index contributed by atoms with van der Waals surface area (Å²) in [5, 5.41) is 3.28. The van der Waals surface area contributed by atoms with Crippen molar-refractivity contribution in [1.29, 1.82) is 0 Å². The maximum Gasteiger partial charge on any atom is 0.0478 e. The molecule has 16 heavy (non-hydrogen) atoms. The van der Waals surface area contributed by atoms with Gasteiger partial charge in [-0.05, 0) is 50.0 Å². The molecule has 1 heterocycles. The van der Waals surface area contributed by atoms with Crippen LogP contribution in [0.1, 0.15) is 25.3 Å². The number of ether oxygens (including phenoxy) is 1. The molecule has 3 heteroatoms. The summed E-state index contributed by atoms with van der Waals surface area (Å²) >= 11 is 0. The number of hydrogen-bond donors (Lipinski definition) is 1. The molecule has 3 nitrogen and oxygen atoms in total. The molecule has 1 aromatic heterocycles. The van der Waals surface area contributed by atoms with Crippen LogP contribution in [0.2, 0.25) is 0 Å². The van der Waals surface area contributed by atoms with E-state index in [0.717, 1.165) is 45.6 Å². The summed E-state index contributed by atoms with van der Waals surface area (Å²) < 4.78 is 5.55. The fourth-order valence-electron chi connectivity index (χ4n) is 1.51. The average molecular weight is 222 g/mol. The molecule has 0 aromatic carbocycles. The molecule has 0 saturated carbocycles. The van der Waals surface area contributed by atoms with Crippen molar-refractivity contribution in [3.8, 4) is 0 Å². The molecule has 0 aliphatic carbocycles. The summed E-state index contributed by atoms with van der Waals surface area (Å²) in [6, 6.07) is 4.12. The zero-order chi connectivity index (χ0) is 11.5. The van der Waals surface area contributed by atoms with Crippen molar-refractivity contribution in [2.24, 2.45) is 0 Å². The van der Waals surface area contributed by atoms with Crippen LogP contribution in [0.15, 0.2) is 24.5 Å². The number of hydrogen-bond acceptors (Lipinski definition) is 3. The zero-order valence-corrected chi connectivity index (χ0v) is 10.1. The second kappa shape index (κ2) is 9.31. The first-order chi connectivity index (χ1) is 7.93. The first kappa shape index (κ1) is 13.1. The largest absolute Gasteiger partial charge is 0.381 e. The van der Waals surface area contributed by atoms with Crippen LogP contribution in [0.4, 0.5) is 0 Å². The molecule has 0 aliphatic rings. The number of aromatic nitrogens is 1. The Morgan fingerprint density at radius 2 is 1.94 bits per heavy atom. The van der Waals surface area contributed by atoms with E-state index in [1.807, 2.05) is 12.4 Å². The Morgan fingerprint density at radius 1 is 1.19 bits per heavy atom. The molecule has 0 saturated heterocycles. The topological polar surface area (TPSA) is 34.1 Å². The molecule has 1 aromatic rings. The Balaban J connectivity index is 1.89. The summed E-state index contributed by atoms with van der Waals surface area (Å²) in [7, 11) is 0. The van der Waals surface area contributed by atoms with Gasteiger partial charge in [-0.1, -0.05) is 6.92 Å². The van der Waals surface area contributed by atoms with E-state index in [2.05, 4.69) is 29.4 Å². The zero-order valence-electron chi connectivity index (χ0n) is 10.1. The highest BCUT2D eigenvalue weighted by Gasteiger charge is 1.93. The van der Waals surface area contributed by atoms with Crippen molar-refractivity contribution in [1.82, 2.24) is 10.3 Å². The molecule has 1 rings (SSSR count). The molecule has 0 bridgehead atoms. The minimum Gasteiger partial charge on any atom is -0.381 e. The molecule has 0 atom stereocenters. The summed E-state index contributed by atoms with van der Waals surface area (Å²) in [4.78, 5) is 3.99. The maximum atomic E-state index is 5.55. The standard InChI is InChI=1S/C13H22N2O/c1-2-14-8-4-12-16-11-3-5-13-6-9-15-10-7-13/h6-7,9-10,14H,2-5,8,11-12H2,1H3. The Labute approximate surface area is 98.2 Å². The minimum atomic E-state index is 0.856. The number of nitrogens with zero attached hydrogens (tertiary/aromatic N) is 1. The van der Waals surface area contributed by atoms with Gasteiger partial charge >= 0.3 is 0 Å². The van der Waals surface area contributed by atoms with Crippen LogP contribution in [0.3, 0.4) is 0 Å². The first-order valence-corrected chi connectivity index (χ1v) is 6.11. The number of nitrogens with one attached hydrogen (secondary N) is 1. The van der Waals surface area contributed by atoms with Crippen LogP contribution in [0.25, 0.3) is 0 Å². The quantitative estimate of drug-likeness (QED) is 0.649. The van der Waals surface area contributed by atoms with Crippen molar-refractivity contribution in [3.05, 3.63) is 30.1 Å². The van der Waals surface area contributed by atoms with Gasteiger partial charge in [0, 0.05) is 25.6 Å². The average Bonchev–Trinajstić information content (AvgIpc) is 2.34. The highest BCUT2D eigenvalue weighted by Crippen LogP contribution is 2.00. The highest BCUT2D eigenvalue weighted by molar-refractivity contribution is 5.09. The van der Waals surface area contributed by atoms with E-state index in [4.69, 9.17) is 4.74 Å². The second-order valence-corrected chi connectivity index (χ2v) is 3.78. The maximum absolute atomic E-state index is 5.55. The SMILES string of the molecule is CCNCCCOCCCc1ccncc1. The normalized spacial score (nSPS) is 10.6. The molecule has 0 spiro atoms. The predicted molar refractivity (Wildman–Crippen MR) is 66.5 cm³/mol. The van der Waals surface area contributed by atoms with Gasteiger partial charge in [0.1, 0.15) is 0 Å². The van der Waals surface area contributed by atoms with Crippen LogP contribution in [-0.4, -0.2) is 31.3 Å². The van der Waals surface area contributed by atoms with E-state index in [9.17, 15) is 0 Å². The van der Waals surface area contributed by atoms with Gasteiger partial charge in [0.15, 0.2) is 0 Å². The van der Waals surface area contributed by atoms with Gasteiger partial charge in [0.25, 0.3) is 0 Å². The van der Waals surface area contributed by atoms with Crippen molar-refractivity contribution < 1.29 is 4.74 Å². The van der Waals surface area contributed by atoms with Crippen molar-refractivity contribution in [2.75, 3.05) is 26.3 Å². The smallest absolute Gasteiger partial charge is 0.0478 e. The Hall–Kier alpha value is -0.930. The molecule has 90 valence electrons. The van der Waals surface area contributed by atoms with E-state index in [1.54, 1.807) is 0 Å². The van der Waals surface area contributed by atoms with Crippen LogP contribution in [0, 0.1) is 0 Å². The van der Waals surface area contributed by atoms with E-state index < -0.39 is 0 Å². The lowest BCUT2D eigenvalue weighted by atomic mass is 10.1. The van der Waals surface area contributed by atoms with Gasteiger partial charge in [-0.25, -0.2) is 0 Å². The lowest BCUT2D eigenvalue weighted by Crippen LogP contribution is -2.15. The van der Waals surface area contributed by atoms with Gasteiger partial charge in [-0.2, -0.15) is 0 Å². The van der Waals surface area contributed by atoms with Crippen molar-refractivity contribution in [3.63, 3.8) is 0 Å². The fraction of sp³-hybridized carbons (Fsp3) is 0.615. The molecule has 0 aliphatic heterocycles. The number of rotatable bonds is 9. The van der Waals surface area contributed by atoms with Crippen molar-refractivity contribution >= 4 is 0 Å². The molecular formula is C13H22N2O. The van der Waals surface area contributed by atoms with Crippen LogP contribution >= 0.6 is 0 Å². The Kier molecular flexibility index (Phi) is 7.64. The van der Waals surface area contributed by atoms with Gasteiger partial charge < -0.3 is 10.1 Å². The molecular weight excluding hydrogens is 200 g/mol. The van der Waals surface area contributed by atoms with Gasteiger partial charge in [-0.15, -0.1) is 0 Å². The fourth-order valence-corrected chi connectivity index (χ4v) is 1.51. The summed E-state index contributed by atoms with van der Waals surface area (Å²) in [6.45, 7) is 5.94. The first-order valence-electron chi connectivity index (χ1n) is 6.11. The van der Waals surface area contributed by atoms with E-state index in [-0.39, 0.29) is 0 Å². The predicted octanol–water partition coefficient (Wildman–Crippen LogP) is 2.03. The minimum absolute atomic E-state index is 0.856. The van der Waals surface area contributed by atoms with Crippen LogP contribution in [-0.2, 0) is 11.2 Å². The lowest BCUT2D eigenvalue weighted by molar-refractivity contribution is 0.129. The highest BCUT2D eigenvalue weighted by atomic mass is 16.5. The third-order valence-electron chi connectivity index (χ3n) is 2.40. The number of aryl methyl sites for hydroxylation is 1. The monoisotopic (exact) mass is 222 g/mol. The third kappa shape index (κ3) is 6.53.